The smallest absolute Gasteiger partial charge is 0.208 e. The van der Waals surface area contributed by atoms with Gasteiger partial charge in [-0.2, -0.15) is 0 Å². The second-order valence-corrected chi connectivity index (χ2v) is 5.70. The highest BCUT2D eigenvalue weighted by atomic mass is 32.1. The maximum absolute atomic E-state index is 4.32. The number of aromatic nitrogens is 3. The molecular weight excluding hydrogens is 258 g/mol. The topological polar surface area (TPSA) is 45.2 Å². The fourth-order valence-corrected chi connectivity index (χ4v) is 3.05. The van der Waals surface area contributed by atoms with Gasteiger partial charge in [0.25, 0.3) is 0 Å². The van der Waals surface area contributed by atoms with Crippen LogP contribution >= 0.6 is 11.3 Å². The highest BCUT2D eigenvalue weighted by Gasteiger charge is 2.17. The summed E-state index contributed by atoms with van der Waals surface area (Å²) in [5.41, 5.74) is 0.901. The lowest BCUT2D eigenvalue weighted by Crippen LogP contribution is -2.28. The fourth-order valence-electron chi connectivity index (χ4n) is 2.17. The first-order valence-electron chi connectivity index (χ1n) is 6.51. The molecule has 0 atom stereocenters. The van der Waals surface area contributed by atoms with Gasteiger partial charge in [-0.25, -0.2) is 0 Å². The quantitative estimate of drug-likeness (QED) is 0.835. The highest BCUT2D eigenvalue weighted by Crippen LogP contribution is 2.27. The Hall–Kier alpha value is -1.53. The Kier molecular flexibility index (Phi) is 3.70. The predicted octanol–water partition coefficient (Wildman–Crippen LogP) is 1.74. The fraction of sp³-hybridized carbons (Fsp3) is 0.462. The van der Waals surface area contributed by atoms with Gasteiger partial charge in [-0.05, 0) is 32.1 Å². The molecule has 3 heterocycles. The van der Waals surface area contributed by atoms with Gasteiger partial charge in [-0.3, -0.25) is 4.98 Å². The third kappa shape index (κ3) is 2.90. The third-order valence-electron chi connectivity index (χ3n) is 3.29. The molecule has 0 spiro atoms. The van der Waals surface area contributed by atoms with Crippen LogP contribution in [0.25, 0.3) is 10.7 Å². The van der Waals surface area contributed by atoms with Gasteiger partial charge in [-0.1, -0.05) is 17.4 Å². The Morgan fingerprint density at radius 1 is 1.11 bits per heavy atom. The van der Waals surface area contributed by atoms with Crippen LogP contribution in [0.5, 0.6) is 0 Å². The molecular formula is C13H17N5S. The van der Waals surface area contributed by atoms with Gasteiger partial charge in [0, 0.05) is 25.8 Å². The van der Waals surface area contributed by atoms with Crippen LogP contribution in [-0.4, -0.2) is 53.3 Å². The summed E-state index contributed by atoms with van der Waals surface area (Å²) < 4.78 is 0. The second-order valence-electron chi connectivity index (χ2n) is 4.75. The van der Waals surface area contributed by atoms with Gasteiger partial charge >= 0.3 is 0 Å². The Morgan fingerprint density at radius 3 is 2.89 bits per heavy atom. The highest BCUT2D eigenvalue weighted by molar-refractivity contribution is 7.18. The zero-order chi connectivity index (χ0) is 13.1. The maximum Gasteiger partial charge on any atom is 0.208 e. The van der Waals surface area contributed by atoms with Crippen molar-refractivity contribution in [3.8, 4) is 10.7 Å². The molecule has 1 saturated heterocycles. The minimum absolute atomic E-state index is 0.896. The first-order valence-corrected chi connectivity index (χ1v) is 7.33. The van der Waals surface area contributed by atoms with E-state index in [0.29, 0.717) is 0 Å². The molecule has 0 aliphatic carbocycles. The molecule has 2 aromatic heterocycles. The average molecular weight is 275 g/mol. The Morgan fingerprint density at radius 2 is 2.05 bits per heavy atom. The van der Waals surface area contributed by atoms with E-state index in [1.54, 1.807) is 17.5 Å². The maximum atomic E-state index is 4.32. The lowest BCUT2D eigenvalue weighted by molar-refractivity contribution is 0.360. The van der Waals surface area contributed by atoms with E-state index in [-0.39, 0.29) is 0 Å². The van der Waals surface area contributed by atoms with Crippen LogP contribution in [0.4, 0.5) is 5.13 Å². The Balaban J connectivity index is 1.77. The van der Waals surface area contributed by atoms with Gasteiger partial charge in [0.2, 0.25) is 5.13 Å². The van der Waals surface area contributed by atoms with Crippen LogP contribution in [0.15, 0.2) is 24.4 Å². The summed E-state index contributed by atoms with van der Waals surface area (Å²) in [6, 6.07) is 5.86. The summed E-state index contributed by atoms with van der Waals surface area (Å²) >= 11 is 1.63. The molecule has 1 aliphatic heterocycles. The molecule has 2 aromatic rings. The lowest BCUT2D eigenvalue weighted by Gasteiger charge is -2.18. The van der Waals surface area contributed by atoms with Crippen molar-refractivity contribution in [1.29, 1.82) is 0 Å². The molecule has 100 valence electrons. The van der Waals surface area contributed by atoms with Crippen LogP contribution < -0.4 is 4.90 Å². The molecule has 5 nitrogen and oxygen atoms in total. The van der Waals surface area contributed by atoms with Crippen LogP contribution in [0.1, 0.15) is 6.42 Å². The number of likely N-dealkylation sites (N-methyl/N-ethyl adjacent to an activating group) is 1. The van der Waals surface area contributed by atoms with E-state index < -0.39 is 0 Å². The number of hydrogen-bond donors (Lipinski definition) is 0. The molecule has 0 saturated carbocycles. The normalized spacial score (nSPS) is 17.4. The van der Waals surface area contributed by atoms with Crippen molar-refractivity contribution in [1.82, 2.24) is 20.1 Å². The Labute approximate surface area is 116 Å². The molecule has 1 fully saturated rings. The number of rotatable bonds is 2. The first-order chi connectivity index (χ1) is 9.33. The van der Waals surface area contributed by atoms with E-state index in [0.717, 1.165) is 42.0 Å². The number of hydrogen-bond acceptors (Lipinski definition) is 6. The van der Waals surface area contributed by atoms with Crippen molar-refractivity contribution in [2.75, 3.05) is 38.1 Å². The second kappa shape index (κ2) is 5.63. The van der Waals surface area contributed by atoms with Crippen molar-refractivity contribution in [3.05, 3.63) is 24.4 Å². The van der Waals surface area contributed by atoms with Gasteiger partial charge in [0.05, 0.1) is 0 Å². The van der Waals surface area contributed by atoms with E-state index in [4.69, 9.17) is 0 Å². The van der Waals surface area contributed by atoms with Crippen molar-refractivity contribution < 1.29 is 0 Å². The summed E-state index contributed by atoms with van der Waals surface area (Å²) in [6.07, 6.45) is 2.96. The number of anilines is 1. The largest absolute Gasteiger partial charge is 0.345 e. The van der Waals surface area contributed by atoms with E-state index in [2.05, 4.69) is 32.0 Å². The van der Waals surface area contributed by atoms with E-state index >= 15 is 0 Å². The van der Waals surface area contributed by atoms with Crippen LogP contribution in [0.2, 0.25) is 0 Å². The van der Waals surface area contributed by atoms with Crippen LogP contribution in [0.3, 0.4) is 0 Å². The molecule has 6 heteroatoms. The van der Waals surface area contributed by atoms with Gasteiger partial charge in [0.1, 0.15) is 5.69 Å². The molecule has 19 heavy (non-hydrogen) atoms. The van der Waals surface area contributed by atoms with E-state index in [1.165, 1.54) is 6.42 Å². The van der Waals surface area contributed by atoms with E-state index in [9.17, 15) is 0 Å². The summed E-state index contributed by atoms with van der Waals surface area (Å²) in [5, 5.41) is 10.5. The van der Waals surface area contributed by atoms with Gasteiger partial charge < -0.3 is 9.80 Å². The molecule has 1 aliphatic rings. The molecule has 3 rings (SSSR count). The van der Waals surface area contributed by atoms with Crippen molar-refractivity contribution >= 4 is 16.5 Å². The van der Waals surface area contributed by atoms with Gasteiger partial charge in [-0.15, -0.1) is 10.2 Å². The number of nitrogens with zero attached hydrogens (tertiary/aromatic N) is 5. The SMILES string of the molecule is CN1CCCN(c2nnc(-c3ccccn3)s2)CC1. The third-order valence-corrected chi connectivity index (χ3v) is 4.29. The monoisotopic (exact) mass is 275 g/mol. The number of pyridine rings is 1. The van der Waals surface area contributed by atoms with Crippen molar-refractivity contribution in [2.45, 2.75) is 6.42 Å². The van der Waals surface area contributed by atoms with Crippen molar-refractivity contribution in [2.24, 2.45) is 0 Å². The molecule has 0 N–H and O–H groups in total. The minimum atomic E-state index is 0.896. The van der Waals surface area contributed by atoms with Gasteiger partial charge in [0.15, 0.2) is 5.01 Å². The summed E-state index contributed by atoms with van der Waals surface area (Å²) in [6.45, 7) is 4.31. The standard InChI is InChI=1S/C13H17N5S/c1-17-7-4-8-18(10-9-17)13-16-15-12(19-13)11-5-2-3-6-14-11/h2-3,5-6H,4,7-10H2,1H3. The summed E-state index contributed by atoms with van der Waals surface area (Å²) in [7, 11) is 2.17. The van der Waals surface area contributed by atoms with Crippen LogP contribution in [-0.2, 0) is 0 Å². The summed E-state index contributed by atoms with van der Waals surface area (Å²) in [5.74, 6) is 0. The zero-order valence-electron chi connectivity index (χ0n) is 11.0. The van der Waals surface area contributed by atoms with Crippen molar-refractivity contribution in [3.63, 3.8) is 0 Å². The van der Waals surface area contributed by atoms with Crippen LogP contribution in [0, 0.1) is 0 Å². The molecule has 0 aromatic carbocycles. The average Bonchev–Trinajstić information content (AvgIpc) is 2.84. The molecule has 0 radical (unpaired) electrons. The molecule has 0 bridgehead atoms. The predicted molar refractivity (Wildman–Crippen MR) is 77.5 cm³/mol. The molecule has 0 unspecified atom stereocenters. The minimum Gasteiger partial charge on any atom is -0.345 e. The molecule has 0 amide bonds. The zero-order valence-corrected chi connectivity index (χ0v) is 11.8. The lowest BCUT2D eigenvalue weighted by atomic mass is 10.4. The summed E-state index contributed by atoms with van der Waals surface area (Å²) in [4.78, 5) is 9.01. The van der Waals surface area contributed by atoms with E-state index in [1.807, 2.05) is 18.2 Å². The first kappa shape index (κ1) is 12.5. The Bertz CT molecular complexity index is 527.